The highest BCUT2D eigenvalue weighted by atomic mass is 32.2. The Balaban J connectivity index is 1.94. The van der Waals surface area contributed by atoms with E-state index in [1.54, 1.807) is 11.8 Å². The molecule has 3 nitrogen and oxygen atoms in total. The third-order valence-corrected chi connectivity index (χ3v) is 4.70. The molecule has 0 unspecified atom stereocenters. The minimum Gasteiger partial charge on any atom is -0.395 e. The molecule has 0 fully saturated rings. The van der Waals surface area contributed by atoms with Crippen LogP contribution in [0.3, 0.4) is 0 Å². The van der Waals surface area contributed by atoms with Crippen LogP contribution in [0.5, 0.6) is 0 Å². The van der Waals surface area contributed by atoms with Gasteiger partial charge in [-0.25, -0.2) is 0 Å². The van der Waals surface area contributed by atoms with E-state index < -0.39 is 0 Å². The largest absolute Gasteiger partial charge is 0.395 e. The second-order valence-corrected chi connectivity index (χ2v) is 6.21. The van der Waals surface area contributed by atoms with Gasteiger partial charge in [-0.05, 0) is 29.3 Å². The molecule has 1 heterocycles. The molecule has 0 saturated heterocycles. The number of aryl methyl sites for hydroxylation is 2. The maximum Gasteiger partial charge on any atom is 0.122 e. The number of benzene rings is 2. The molecule has 3 aromatic rings. The number of rotatable bonds is 4. The number of hydrogen-bond acceptors (Lipinski definition) is 3. The Kier molecular flexibility index (Phi) is 3.88. The zero-order chi connectivity index (χ0) is 14.8. The first-order valence-corrected chi connectivity index (χ1v) is 7.98. The zero-order valence-corrected chi connectivity index (χ0v) is 13.2. The summed E-state index contributed by atoms with van der Waals surface area (Å²) in [5.41, 5.74) is 8.07. The van der Waals surface area contributed by atoms with Crippen molar-refractivity contribution in [1.82, 2.24) is 9.78 Å². The highest BCUT2D eigenvalue weighted by Gasteiger charge is 2.14. The van der Waals surface area contributed by atoms with Gasteiger partial charge in [0.15, 0.2) is 0 Å². The van der Waals surface area contributed by atoms with Crippen molar-refractivity contribution in [3.63, 3.8) is 0 Å². The van der Waals surface area contributed by atoms with E-state index in [0.29, 0.717) is 0 Å². The first kappa shape index (κ1) is 14.0. The minimum absolute atomic E-state index is 0.817. The standard InChI is InChI=1S/C17H19N3S/c1-3-6-15-16(18)17(20(2)19-15)21-14-10-9-12-7-4-5-8-13(12)11-14/h4-5,7-11H,3,6,18H2,1-2H3. The molecule has 4 heteroatoms. The van der Waals surface area contributed by atoms with Crippen molar-refractivity contribution in [2.75, 3.05) is 5.73 Å². The quantitative estimate of drug-likeness (QED) is 0.782. The molecule has 21 heavy (non-hydrogen) atoms. The molecule has 108 valence electrons. The smallest absolute Gasteiger partial charge is 0.122 e. The van der Waals surface area contributed by atoms with Crippen LogP contribution in [-0.2, 0) is 13.5 Å². The number of hydrogen-bond donors (Lipinski definition) is 1. The summed E-state index contributed by atoms with van der Waals surface area (Å²) in [6.07, 6.45) is 1.99. The van der Waals surface area contributed by atoms with Crippen molar-refractivity contribution in [3.05, 3.63) is 48.2 Å². The van der Waals surface area contributed by atoms with Crippen LogP contribution in [0, 0.1) is 0 Å². The Morgan fingerprint density at radius 2 is 1.90 bits per heavy atom. The minimum atomic E-state index is 0.817. The van der Waals surface area contributed by atoms with E-state index >= 15 is 0 Å². The number of fused-ring (bicyclic) bond motifs is 1. The zero-order valence-electron chi connectivity index (χ0n) is 12.3. The predicted octanol–water partition coefficient (Wildman–Crippen LogP) is 4.26. The van der Waals surface area contributed by atoms with Crippen LogP contribution in [0.4, 0.5) is 5.69 Å². The number of aromatic nitrogens is 2. The molecule has 0 radical (unpaired) electrons. The Morgan fingerprint density at radius 3 is 2.67 bits per heavy atom. The average molecular weight is 297 g/mol. The molecule has 0 amide bonds. The molecule has 0 aliphatic heterocycles. The van der Waals surface area contributed by atoms with E-state index in [2.05, 4.69) is 54.5 Å². The summed E-state index contributed by atoms with van der Waals surface area (Å²) >= 11 is 1.68. The molecular weight excluding hydrogens is 278 g/mol. The lowest BCUT2D eigenvalue weighted by Crippen LogP contribution is -1.93. The van der Waals surface area contributed by atoms with Gasteiger partial charge in [-0.3, -0.25) is 4.68 Å². The van der Waals surface area contributed by atoms with Gasteiger partial charge in [0.05, 0.1) is 11.4 Å². The van der Waals surface area contributed by atoms with Crippen molar-refractivity contribution >= 4 is 28.2 Å². The van der Waals surface area contributed by atoms with Crippen molar-refractivity contribution < 1.29 is 0 Å². The van der Waals surface area contributed by atoms with Gasteiger partial charge in [-0.1, -0.05) is 55.4 Å². The van der Waals surface area contributed by atoms with Gasteiger partial charge in [0, 0.05) is 11.9 Å². The summed E-state index contributed by atoms with van der Waals surface area (Å²) in [6, 6.07) is 14.9. The SMILES string of the molecule is CCCc1nn(C)c(Sc2ccc3ccccc3c2)c1N. The molecule has 0 bridgehead atoms. The van der Waals surface area contributed by atoms with Crippen molar-refractivity contribution in [2.45, 2.75) is 29.7 Å². The van der Waals surface area contributed by atoms with E-state index in [-0.39, 0.29) is 0 Å². The topological polar surface area (TPSA) is 43.8 Å². The Labute approximate surface area is 129 Å². The number of anilines is 1. The first-order chi connectivity index (χ1) is 10.2. The van der Waals surface area contributed by atoms with Crippen LogP contribution in [0.25, 0.3) is 10.8 Å². The van der Waals surface area contributed by atoms with Crippen LogP contribution >= 0.6 is 11.8 Å². The second kappa shape index (κ2) is 5.82. The molecule has 0 saturated carbocycles. The van der Waals surface area contributed by atoms with Crippen LogP contribution in [0.2, 0.25) is 0 Å². The molecule has 0 aliphatic carbocycles. The third-order valence-electron chi connectivity index (χ3n) is 3.53. The fraction of sp³-hybridized carbons (Fsp3) is 0.235. The molecular formula is C17H19N3S. The van der Waals surface area contributed by atoms with Gasteiger partial charge in [0.25, 0.3) is 0 Å². The fourth-order valence-electron chi connectivity index (χ4n) is 2.46. The average Bonchev–Trinajstić information content (AvgIpc) is 2.75. The Bertz CT molecular complexity index is 777. The molecule has 0 spiro atoms. The predicted molar refractivity (Wildman–Crippen MR) is 89.7 cm³/mol. The number of nitrogen functional groups attached to an aromatic ring is 1. The maximum atomic E-state index is 6.25. The first-order valence-electron chi connectivity index (χ1n) is 7.17. The van der Waals surface area contributed by atoms with E-state index in [4.69, 9.17) is 5.73 Å². The lowest BCUT2D eigenvalue weighted by molar-refractivity contribution is 0.682. The summed E-state index contributed by atoms with van der Waals surface area (Å²) < 4.78 is 1.89. The summed E-state index contributed by atoms with van der Waals surface area (Å²) in [4.78, 5) is 1.19. The van der Waals surface area contributed by atoms with E-state index in [0.717, 1.165) is 29.2 Å². The number of nitrogens with two attached hydrogens (primary N) is 1. The maximum absolute atomic E-state index is 6.25. The van der Waals surface area contributed by atoms with Crippen molar-refractivity contribution in [1.29, 1.82) is 0 Å². The highest BCUT2D eigenvalue weighted by molar-refractivity contribution is 7.99. The fourth-order valence-corrected chi connectivity index (χ4v) is 3.41. The molecule has 0 atom stereocenters. The van der Waals surface area contributed by atoms with E-state index in [9.17, 15) is 0 Å². The molecule has 2 N–H and O–H groups in total. The van der Waals surface area contributed by atoms with Crippen molar-refractivity contribution in [3.8, 4) is 0 Å². The molecule has 3 rings (SSSR count). The van der Waals surface area contributed by atoms with E-state index in [1.807, 2.05) is 11.7 Å². The van der Waals surface area contributed by atoms with Crippen LogP contribution in [0.15, 0.2) is 52.4 Å². The van der Waals surface area contributed by atoms with Crippen molar-refractivity contribution in [2.24, 2.45) is 7.05 Å². The lowest BCUT2D eigenvalue weighted by atomic mass is 10.1. The highest BCUT2D eigenvalue weighted by Crippen LogP contribution is 2.35. The summed E-state index contributed by atoms with van der Waals surface area (Å²) in [6.45, 7) is 2.14. The molecule has 1 aromatic heterocycles. The Hall–Kier alpha value is -1.94. The van der Waals surface area contributed by atoms with E-state index in [1.165, 1.54) is 15.7 Å². The van der Waals surface area contributed by atoms with Gasteiger partial charge in [-0.2, -0.15) is 5.10 Å². The summed E-state index contributed by atoms with van der Waals surface area (Å²) in [7, 11) is 1.96. The third kappa shape index (κ3) is 2.76. The summed E-state index contributed by atoms with van der Waals surface area (Å²) in [5.74, 6) is 0. The lowest BCUT2D eigenvalue weighted by Gasteiger charge is -2.05. The molecule has 0 aliphatic rings. The van der Waals surface area contributed by atoms with Crippen LogP contribution in [0.1, 0.15) is 19.0 Å². The second-order valence-electron chi connectivity index (χ2n) is 5.15. The van der Waals surface area contributed by atoms with Gasteiger partial charge in [0.2, 0.25) is 0 Å². The van der Waals surface area contributed by atoms with Gasteiger partial charge in [-0.15, -0.1) is 0 Å². The van der Waals surface area contributed by atoms with Crippen LogP contribution in [-0.4, -0.2) is 9.78 Å². The normalized spacial score (nSPS) is 11.1. The molecule has 2 aromatic carbocycles. The summed E-state index contributed by atoms with van der Waals surface area (Å²) in [5, 5.41) is 8.05. The van der Waals surface area contributed by atoms with Crippen LogP contribution < -0.4 is 5.73 Å². The number of nitrogens with zero attached hydrogens (tertiary/aromatic N) is 2. The monoisotopic (exact) mass is 297 g/mol. The van der Waals surface area contributed by atoms with Gasteiger partial charge < -0.3 is 5.73 Å². The Morgan fingerprint density at radius 1 is 1.14 bits per heavy atom. The van der Waals surface area contributed by atoms with Gasteiger partial charge in [0.1, 0.15) is 5.03 Å². The van der Waals surface area contributed by atoms with Gasteiger partial charge >= 0.3 is 0 Å².